The molecule has 38 heavy (non-hydrogen) atoms. The maximum atomic E-state index is 13.1. The van der Waals surface area contributed by atoms with Gasteiger partial charge in [0.15, 0.2) is 0 Å². The Labute approximate surface area is 225 Å². The maximum Gasteiger partial charge on any atom is 0.243 e. The molecule has 0 radical (unpaired) electrons. The molecule has 0 heterocycles. The molecule has 0 saturated carbocycles. The van der Waals surface area contributed by atoms with Gasteiger partial charge in [-0.25, -0.2) is 0 Å². The van der Waals surface area contributed by atoms with Gasteiger partial charge in [-0.3, -0.25) is 28.8 Å². The summed E-state index contributed by atoms with van der Waals surface area (Å²) in [6.45, 7) is 10.3. The topological polar surface area (TPSA) is 215 Å². The molecule has 0 aromatic carbocycles. The minimum absolute atomic E-state index is 0.0234. The van der Waals surface area contributed by atoms with E-state index in [0.717, 1.165) is 0 Å². The quantitative estimate of drug-likeness (QED) is 0.105. The van der Waals surface area contributed by atoms with Crippen molar-refractivity contribution in [2.45, 2.75) is 97.8 Å². The molecule has 0 aliphatic heterocycles. The van der Waals surface area contributed by atoms with Crippen LogP contribution in [0.15, 0.2) is 0 Å². The smallest absolute Gasteiger partial charge is 0.243 e. The van der Waals surface area contributed by atoms with E-state index in [4.69, 9.17) is 11.5 Å². The number of amides is 6. The first kappa shape index (κ1) is 34.8. The van der Waals surface area contributed by atoms with Gasteiger partial charge in [0.25, 0.3) is 0 Å². The summed E-state index contributed by atoms with van der Waals surface area (Å²) in [5, 5.41) is 12.8. The Morgan fingerprint density at radius 3 is 1.68 bits per heavy atom. The first-order valence-corrected chi connectivity index (χ1v) is 13.1. The molecule has 13 heteroatoms. The Kier molecular flexibility index (Phi) is 16.6. The predicted octanol–water partition coefficient (Wildman–Crippen LogP) is -1.21. The van der Waals surface area contributed by atoms with Crippen LogP contribution in [0, 0.1) is 11.8 Å². The van der Waals surface area contributed by atoms with E-state index in [1.807, 2.05) is 27.7 Å². The van der Waals surface area contributed by atoms with Crippen molar-refractivity contribution >= 4 is 35.4 Å². The second-order valence-electron chi connectivity index (χ2n) is 10.3. The van der Waals surface area contributed by atoms with Crippen LogP contribution >= 0.6 is 0 Å². The molecule has 218 valence electrons. The molecule has 6 amide bonds. The lowest BCUT2D eigenvalue weighted by atomic mass is 10.0. The normalized spacial score (nSPS) is 14.1. The van der Waals surface area contributed by atoms with E-state index >= 15 is 0 Å². The van der Waals surface area contributed by atoms with Gasteiger partial charge in [-0.05, 0) is 57.4 Å². The van der Waals surface area contributed by atoms with Crippen molar-refractivity contribution in [1.82, 2.24) is 26.6 Å². The minimum Gasteiger partial charge on any atom is -0.368 e. The average Bonchev–Trinajstić information content (AvgIpc) is 2.79. The summed E-state index contributed by atoms with van der Waals surface area (Å²) < 4.78 is 0. The minimum atomic E-state index is -0.973. The highest BCUT2D eigenvalue weighted by Crippen LogP contribution is 2.08. The van der Waals surface area contributed by atoms with Crippen LogP contribution < -0.4 is 38.1 Å². The zero-order chi connectivity index (χ0) is 29.4. The van der Waals surface area contributed by atoms with E-state index in [0.29, 0.717) is 25.8 Å². The van der Waals surface area contributed by atoms with Gasteiger partial charge >= 0.3 is 0 Å². The summed E-state index contributed by atoms with van der Waals surface area (Å²) in [4.78, 5) is 73.8. The van der Waals surface area contributed by atoms with Gasteiger partial charge < -0.3 is 38.1 Å². The van der Waals surface area contributed by atoms with Crippen molar-refractivity contribution < 1.29 is 28.8 Å². The predicted molar refractivity (Wildman–Crippen MR) is 143 cm³/mol. The van der Waals surface area contributed by atoms with E-state index in [-0.39, 0.29) is 30.6 Å². The van der Waals surface area contributed by atoms with Crippen LogP contribution in [-0.2, 0) is 28.8 Å². The van der Waals surface area contributed by atoms with Crippen LogP contribution in [0.2, 0.25) is 0 Å². The zero-order valence-electron chi connectivity index (χ0n) is 23.5. The monoisotopic (exact) mass is 541 g/mol. The highest BCUT2D eigenvalue weighted by Gasteiger charge is 2.29. The Bertz CT molecular complexity index is 818. The van der Waals surface area contributed by atoms with Crippen molar-refractivity contribution in [2.24, 2.45) is 23.3 Å². The largest absolute Gasteiger partial charge is 0.368 e. The number of rotatable bonds is 18. The summed E-state index contributed by atoms with van der Waals surface area (Å²) >= 11 is 0. The van der Waals surface area contributed by atoms with Crippen LogP contribution in [-0.4, -0.2) is 72.7 Å². The Morgan fingerprint density at radius 2 is 1.21 bits per heavy atom. The summed E-state index contributed by atoms with van der Waals surface area (Å²) in [7, 11) is 0. The SMILES string of the molecule is CC(=O)N[C@@H](CC(C)C)C(=O)NCC(=O)N[C@@H](CC(C)C)C(=O)N[C@@H](CCCCN)C(=O)N[C@@H](C)C(N)=O. The van der Waals surface area contributed by atoms with Gasteiger partial charge in [-0.2, -0.15) is 0 Å². The van der Waals surface area contributed by atoms with Crippen molar-refractivity contribution in [3.8, 4) is 0 Å². The van der Waals surface area contributed by atoms with Gasteiger partial charge in [0.2, 0.25) is 35.4 Å². The maximum absolute atomic E-state index is 13.1. The molecule has 0 bridgehead atoms. The summed E-state index contributed by atoms with van der Waals surface area (Å²) in [6.07, 6.45) is 2.14. The van der Waals surface area contributed by atoms with E-state index < -0.39 is 60.2 Å². The average molecular weight is 542 g/mol. The molecule has 0 aliphatic rings. The van der Waals surface area contributed by atoms with Gasteiger partial charge in [0, 0.05) is 6.92 Å². The fourth-order valence-corrected chi connectivity index (χ4v) is 3.61. The van der Waals surface area contributed by atoms with Gasteiger partial charge in [0.05, 0.1) is 6.54 Å². The molecule has 4 atom stereocenters. The molecular weight excluding hydrogens is 494 g/mol. The number of hydrogen-bond acceptors (Lipinski definition) is 7. The van der Waals surface area contributed by atoms with Gasteiger partial charge in [-0.15, -0.1) is 0 Å². The molecule has 0 saturated heterocycles. The molecule has 9 N–H and O–H groups in total. The first-order chi connectivity index (χ1) is 17.7. The summed E-state index contributed by atoms with van der Waals surface area (Å²) in [5.74, 6) is -3.18. The van der Waals surface area contributed by atoms with Crippen LogP contribution in [0.25, 0.3) is 0 Å². The standard InChI is InChI=1S/C25H47N7O6/c1-14(2)11-19(30-17(6)33)23(36)28-13-21(34)31-20(12-15(3)4)25(38)32-18(9-7-8-10-26)24(37)29-16(5)22(27)35/h14-16,18-20H,7-13,26H2,1-6H3,(H2,27,35)(H,28,36)(H,29,37)(H,30,33)(H,31,34)(H,32,38)/t16-,18-,19-,20-/m0/s1. The van der Waals surface area contributed by atoms with Crippen LogP contribution in [0.3, 0.4) is 0 Å². The lowest BCUT2D eigenvalue weighted by Gasteiger charge is -2.25. The zero-order valence-corrected chi connectivity index (χ0v) is 23.5. The molecule has 0 aliphatic carbocycles. The van der Waals surface area contributed by atoms with Crippen LogP contribution in [0.5, 0.6) is 0 Å². The Morgan fingerprint density at radius 1 is 0.684 bits per heavy atom. The summed E-state index contributed by atoms with van der Waals surface area (Å²) in [6, 6.07) is -3.65. The van der Waals surface area contributed by atoms with Gasteiger partial charge in [-0.1, -0.05) is 27.7 Å². The Hall–Kier alpha value is -3.22. The number of carbonyl (C=O) groups is 6. The molecule has 0 spiro atoms. The highest BCUT2D eigenvalue weighted by atomic mass is 16.2. The lowest BCUT2D eigenvalue weighted by molar-refractivity contribution is -0.134. The number of primary amides is 1. The third-order valence-electron chi connectivity index (χ3n) is 5.55. The van der Waals surface area contributed by atoms with Crippen molar-refractivity contribution in [2.75, 3.05) is 13.1 Å². The number of nitrogens with one attached hydrogen (secondary N) is 5. The van der Waals surface area contributed by atoms with Crippen molar-refractivity contribution in [3.63, 3.8) is 0 Å². The Balaban J connectivity index is 5.35. The number of hydrogen-bond donors (Lipinski definition) is 7. The lowest BCUT2D eigenvalue weighted by Crippen LogP contribution is -2.57. The molecule has 13 nitrogen and oxygen atoms in total. The molecule has 0 aromatic heterocycles. The van der Waals surface area contributed by atoms with E-state index in [1.165, 1.54) is 13.8 Å². The number of carbonyl (C=O) groups excluding carboxylic acids is 6. The fraction of sp³-hybridized carbons (Fsp3) is 0.760. The molecule has 0 rings (SSSR count). The van der Waals surface area contributed by atoms with Gasteiger partial charge in [0.1, 0.15) is 24.2 Å². The number of unbranched alkanes of at least 4 members (excludes halogenated alkanes) is 1. The molecule has 0 fully saturated rings. The van der Waals surface area contributed by atoms with E-state index in [9.17, 15) is 28.8 Å². The molecular formula is C25H47N7O6. The molecule has 0 aromatic rings. The second-order valence-corrected chi connectivity index (χ2v) is 10.3. The van der Waals surface area contributed by atoms with Crippen molar-refractivity contribution in [1.29, 1.82) is 0 Å². The molecule has 0 unspecified atom stereocenters. The van der Waals surface area contributed by atoms with Crippen molar-refractivity contribution in [3.05, 3.63) is 0 Å². The van der Waals surface area contributed by atoms with Crippen LogP contribution in [0.1, 0.15) is 73.6 Å². The first-order valence-electron chi connectivity index (χ1n) is 13.1. The number of nitrogens with two attached hydrogens (primary N) is 2. The van der Waals surface area contributed by atoms with E-state index in [1.54, 1.807) is 0 Å². The second kappa shape index (κ2) is 18.1. The van der Waals surface area contributed by atoms with Crippen LogP contribution in [0.4, 0.5) is 0 Å². The highest BCUT2D eigenvalue weighted by molar-refractivity contribution is 5.95. The fourth-order valence-electron chi connectivity index (χ4n) is 3.61. The van der Waals surface area contributed by atoms with E-state index in [2.05, 4.69) is 26.6 Å². The third-order valence-corrected chi connectivity index (χ3v) is 5.55. The summed E-state index contributed by atoms with van der Waals surface area (Å²) in [5.41, 5.74) is 10.8. The third kappa shape index (κ3) is 15.1.